The van der Waals surface area contributed by atoms with Crippen LogP contribution in [0.25, 0.3) is 0 Å². The van der Waals surface area contributed by atoms with Crippen LogP contribution in [-0.2, 0) is 36.3 Å². The topological polar surface area (TPSA) is 61.8 Å². The zero-order valence-corrected chi connectivity index (χ0v) is 21.8. The summed E-state index contributed by atoms with van der Waals surface area (Å²) in [6, 6.07) is -0.0217. The van der Waals surface area contributed by atoms with E-state index in [2.05, 4.69) is 6.92 Å². The summed E-state index contributed by atoms with van der Waals surface area (Å²) in [7, 11) is 0. The molecule has 3 unspecified atom stereocenters. The van der Waals surface area contributed by atoms with Crippen LogP contribution in [0, 0.1) is 0 Å². The van der Waals surface area contributed by atoms with Gasteiger partial charge in [-0.2, -0.15) is 4.31 Å². The van der Waals surface area contributed by atoms with E-state index in [4.69, 9.17) is 20.2 Å². The van der Waals surface area contributed by atoms with Gasteiger partial charge in [-0.15, -0.1) is 0 Å². The van der Waals surface area contributed by atoms with Gasteiger partial charge in [0.25, 0.3) is 5.91 Å². The van der Waals surface area contributed by atoms with Gasteiger partial charge in [0.15, 0.2) is 9.43 Å². The van der Waals surface area contributed by atoms with Crippen molar-refractivity contribution in [1.29, 1.82) is 0 Å². The van der Waals surface area contributed by atoms with Gasteiger partial charge < -0.3 is 12.9 Å². The average molecular weight is 490 g/mol. The smallest absolute Gasteiger partial charge is 0.269 e. The minimum absolute atomic E-state index is 0.0217. The Morgan fingerprint density at radius 3 is 2.21 bits per heavy atom. The van der Waals surface area contributed by atoms with Crippen molar-refractivity contribution in [2.45, 2.75) is 96.5 Å². The van der Waals surface area contributed by atoms with E-state index in [0.29, 0.717) is 13.2 Å². The summed E-state index contributed by atoms with van der Waals surface area (Å²) in [5.41, 5.74) is 0. The Kier molecular flexibility index (Phi) is 14.5. The summed E-state index contributed by atoms with van der Waals surface area (Å²) in [6.07, 6.45) is 9.75. The molecule has 0 bridgehead atoms. The highest BCUT2D eigenvalue weighted by atomic mass is 33.2. The maximum Gasteiger partial charge on any atom is 0.269 e. The first-order chi connectivity index (χ1) is 13.4. The van der Waals surface area contributed by atoms with E-state index in [-0.39, 0.29) is 23.4 Å². The molecule has 1 aliphatic heterocycles. The average Bonchev–Trinajstić information content (AvgIpc) is 2.98. The van der Waals surface area contributed by atoms with E-state index in [1.54, 1.807) is 4.31 Å². The SMILES string of the molecule is CCCCCCCCCC(C)N1C(=O)CC(P(=S)(SOCC)SOCC)[S+]1[O-]. The number of rotatable bonds is 16. The molecule has 1 amide bonds. The Labute approximate surface area is 188 Å². The minimum Gasteiger partial charge on any atom is -0.592 e. The lowest BCUT2D eigenvalue weighted by Crippen LogP contribution is -2.39. The first kappa shape index (κ1) is 27.1. The van der Waals surface area contributed by atoms with Crippen LogP contribution in [0.5, 0.6) is 0 Å². The van der Waals surface area contributed by atoms with Crippen molar-refractivity contribution in [3.8, 4) is 0 Å². The zero-order chi connectivity index (χ0) is 21.0. The molecule has 0 aromatic heterocycles. The van der Waals surface area contributed by atoms with Gasteiger partial charge in [0.2, 0.25) is 0 Å². The first-order valence-corrected chi connectivity index (χ1v) is 17.1. The number of hydrogen-bond acceptors (Lipinski definition) is 7. The number of carbonyl (C=O) groups excluding carboxylic acids is 1. The molecule has 0 saturated carbocycles. The third-order valence-electron chi connectivity index (χ3n) is 4.55. The van der Waals surface area contributed by atoms with Gasteiger partial charge >= 0.3 is 0 Å². The highest BCUT2D eigenvalue weighted by Gasteiger charge is 2.54. The molecule has 0 aliphatic carbocycles. The molecule has 0 radical (unpaired) electrons. The highest BCUT2D eigenvalue weighted by molar-refractivity contribution is 8.99. The van der Waals surface area contributed by atoms with Crippen LogP contribution in [0.3, 0.4) is 0 Å². The maximum atomic E-state index is 13.2. The quantitative estimate of drug-likeness (QED) is 0.107. The lowest BCUT2D eigenvalue weighted by Gasteiger charge is -2.29. The summed E-state index contributed by atoms with van der Waals surface area (Å²) in [6.45, 7) is 9.05. The van der Waals surface area contributed by atoms with Crippen LogP contribution in [0.15, 0.2) is 0 Å². The summed E-state index contributed by atoms with van der Waals surface area (Å²) in [5, 5.41) is 0. The molecule has 3 atom stereocenters. The van der Waals surface area contributed by atoms with E-state index in [1.807, 2.05) is 20.8 Å². The third kappa shape index (κ3) is 8.66. The van der Waals surface area contributed by atoms with Gasteiger partial charge in [-0.05, 0) is 27.2 Å². The monoisotopic (exact) mass is 489 g/mol. The van der Waals surface area contributed by atoms with Crippen molar-refractivity contribution in [2.24, 2.45) is 0 Å². The van der Waals surface area contributed by atoms with Crippen LogP contribution < -0.4 is 0 Å². The second-order valence-corrected chi connectivity index (χ2v) is 19.4. The number of amides is 1. The molecule has 28 heavy (non-hydrogen) atoms. The van der Waals surface area contributed by atoms with Gasteiger partial charge in [-0.1, -0.05) is 63.7 Å². The maximum absolute atomic E-state index is 13.2. The molecule has 0 spiro atoms. The van der Waals surface area contributed by atoms with Crippen LogP contribution in [0.2, 0.25) is 0 Å². The van der Waals surface area contributed by atoms with E-state index in [1.165, 1.54) is 61.9 Å². The minimum atomic E-state index is -2.36. The number of nitrogens with zero attached hydrogens (tertiary/aromatic N) is 1. The molecule has 1 fully saturated rings. The molecular weight excluding hydrogens is 453 g/mol. The van der Waals surface area contributed by atoms with Gasteiger partial charge in [-0.25, -0.2) is 0 Å². The van der Waals surface area contributed by atoms with Crippen LogP contribution in [0.4, 0.5) is 0 Å². The molecule has 1 aliphatic rings. The lowest BCUT2D eigenvalue weighted by atomic mass is 10.1. The van der Waals surface area contributed by atoms with Gasteiger partial charge in [0.05, 0.1) is 37.0 Å². The standard InChI is InChI=1S/C18H36NO4PS4/c1-5-8-9-10-11-12-13-14-16(4)19-17(20)15-18(28(19)21)24(25,26-22-6-2)27-23-7-3/h16,18H,5-15H2,1-4H3. The van der Waals surface area contributed by atoms with Crippen molar-refractivity contribution in [1.82, 2.24) is 4.31 Å². The molecule has 1 saturated heterocycles. The fraction of sp³-hybridized carbons (Fsp3) is 0.944. The van der Waals surface area contributed by atoms with Crippen molar-refractivity contribution in [3.05, 3.63) is 0 Å². The Balaban J connectivity index is 2.59. The van der Waals surface area contributed by atoms with Crippen molar-refractivity contribution >= 4 is 56.8 Å². The zero-order valence-electron chi connectivity index (χ0n) is 17.6. The third-order valence-corrected chi connectivity index (χ3v) is 17.2. The van der Waals surface area contributed by atoms with Gasteiger partial charge in [-0.3, -0.25) is 4.79 Å². The summed E-state index contributed by atoms with van der Waals surface area (Å²) < 4.78 is 23.4. The fourth-order valence-corrected chi connectivity index (χ4v) is 13.9. The normalized spacial score (nSPS) is 21.5. The molecule has 0 aromatic carbocycles. The Bertz CT molecular complexity index is 488. The number of carbonyl (C=O) groups is 1. The number of hydrogen-bond donors (Lipinski definition) is 0. The predicted molar refractivity (Wildman–Crippen MR) is 128 cm³/mol. The lowest BCUT2D eigenvalue weighted by molar-refractivity contribution is -0.126. The molecular formula is C18H36NO4PS4. The van der Waals surface area contributed by atoms with E-state index < -0.39 is 15.8 Å². The Morgan fingerprint density at radius 2 is 1.68 bits per heavy atom. The van der Waals surface area contributed by atoms with Crippen molar-refractivity contribution < 1.29 is 17.7 Å². The van der Waals surface area contributed by atoms with Crippen LogP contribution in [-0.4, -0.2) is 39.0 Å². The summed E-state index contributed by atoms with van der Waals surface area (Å²) in [4.78, 5) is 12.3. The van der Waals surface area contributed by atoms with Crippen molar-refractivity contribution in [3.63, 3.8) is 0 Å². The summed E-state index contributed by atoms with van der Waals surface area (Å²) in [5.74, 6) is -0.0535. The molecule has 1 rings (SSSR count). The Hall–Kier alpha value is 1.05. The number of unbranched alkanes of at least 4 members (excludes halogenated alkanes) is 6. The highest BCUT2D eigenvalue weighted by Crippen LogP contribution is 2.76. The molecule has 1 heterocycles. The Morgan fingerprint density at radius 1 is 1.14 bits per heavy atom. The van der Waals surface area contributed by atoms with E-state index in [0.717, 1.165) is 12.8 Å². The van der Waals surface area contributed by atoms with Crippen LogP contribution in [0.1, 0.15) is 85.5 Å². The second-order valence-electron chi connectivity index (χ2n) is 6.92. The van der Waals surface area contributed by atoms with Crippen LogP contribution >= 0.6 is 27.8 Å². The second kappa shape index (κ2) is 15.0. The molecule has 166 valence electrons. The molecule has 5 nitrogen and oxygen atoms in total. The predicted octanol–water partition coefficient (Wildman–Crippen LogP) is 6.42. The summed E-state index contributed by atoms with van der Waals surface area (Å²) >= 11 is 6.82. The largest absolute Gasteiger partial charge is 0.592 e. The molecule has 0 aromatic rings. The molecule has 10 heteroatoms. The van der Waals surface area contributed by atoms with Gasteiger partial charge in [0.1, 0.15) is 0 Å². The van der Waals surface area contributed by atoms with Crippen molar-refractivity contribution in [2.75, 3.05) is 13.2 Å². The molecule has 0 N–H and O–H groups in total. The fourth-order valence-electron chi connectivity index (χ4n) is 3.06. The van der Waals surface area contributed by atoms with Gasteiger partial charge in [0, 0.05) is 23.3 Å². The van der Waals surface area contributed by atoms with E-state index in [9.17, 15) is 9.35 Å². The first-order valence-electron chi connectivity index (χ1n) is 10.4. The van der Waals surface area contributed by atoms with E-state index >= 15 is 0 Å².